The van der Waals surface area contributed by atoms with Gasteiger partial charge in [-0.3, -0.25) is 0 Å². The van der Waals surface area contributed by atoms with Crippen LogP contribution in [0.15, 0.2) is 18.2 Å². The van der Waals surface area contributed by atoms with Crippen molar-refractivity contribution in [3.8, 4) is 5.75 Å². The van der Waals surface area contributed by atoms with Gasteiger partial charge in [0.2, 0.25) is 0 Å². The molecule has 0 aliphatic heterocycles. The van der Waals surface area contributed by atoms with Crippen LogP contribution >= 0.6 is 0 Å². The fourth-order valence-corrected chi connectivity index (χ4v) is 6.46. The SMILES string of the molecule is CC1CC2(C)C(O)CCC2C2C(C)Cc3cc(O)ccc3C12. The molecule has 1 aromatic carbocycles. The summed E-state index contributed by atoms with van der Waals surface area (Å²) in [4.78, 5) is 0. The minimum absolute atomic E-state index is 0.114. The number of phenols is 1. The van der Waals surface area contributed by atoms with Crippen molar-refractivity contribution in [1.82, 2.24) is 0 Å². The van der Waals surface area contributed by atoms with Crippen LogP contribution in [0.4, 0.5) is 0 Å². The van der Waals surface area contributed by atoms with Crippen molar-refractivity contribution >= 4 is 0 Å². The van der Waals surface area contributed by atoms with E-state index in [0.29, 0.717) is 35.3 Å². The number of hydrogen-bond donors (Lipinski definition) is 2. The lowest BCUT2D eigenvalue weighted by Crippen LogP contribution is -2.49. The van der Waals surface area contributed by atoms with Crippen molar-refractivity contribution in [3.63, 3.8) is 0 Å². The van der Waals surface area contributed by atoms with E-state index in [4.69, 9.17) is 0 Å². The number of aliphatic hydroxyl groups is 1. The van der Waals surface area contributed by atoms with Gasteiger partial charge in [0.1, 0.15) is 5.75 Å². The molecule has 0 bridgehead atoms. The van der Waals surface area contributed by atoms with Gasteiger partial charge in [-0.2, -0.15) is 0 Å². The Labute approximate surface area is 133 Å². The maximum absolute atomic E-state index is 10.6. The minimum Gasteiger partial charge on any atom is -0.508 e. The van der Waals surface area contributed by atoms with Crippen molar-refractivity contribution in [1.29, 1.82) is 0 Å². The Bertz CT molecular complexity index is 595. The summed E-state index contributed by atoms with van der Waals surface area (Å²) in [7, 11) is 0. The van der Waals surface area contributed by atoms with Gasteiger partial charge in [0, 0.05) is 0 Å². The van der Waals surface area contributed by atoms with Crippen LogP contribution in [0.1, 0.15) is 57.1 Å². The van der Waals surface area contributed by atoms with Gasteiger partial charge in [-0.05, 0) is 83.9 Å². The predicted molar refractivity (Wildman–Crippen MR) is 87.8 cm³/mol. The summed E-state index contributed by atoms with van der Waals surface area (Å²) in [5.74, 6) is 3.57. The number of rotatable bonds is 0. The molecule has 0 saturated heterocycles. The van der Waals surface area contributed by atoms with Crippen LogP contribution in [0.5, 0.6) is 5.75 Å². The smallest absolute Gasteiger partial charge is 0.115 e. The normalized spacial score (nSPS) is 46.7. The summed E-state index contributed by atoms with van der Waals surface area (Å²) < 4.78 is 0. The third-order valence-electron chi connectivity index (χ3n) is 7.30. The van der Waals surface area contributed by atoms with Crippen LogP contribution in [-0.4, -0.2) is 16.3 Å². The molecule has 0 radical (unpaired) electrons. The molecule has 7 atom stereocenters. The van der Waals surface area contributed by atoms with Crippen LogP contribution < -0.4 is 0 Å². The molecule has 1 aromatic rings. The third kappa shape index (κ3) is 1.83. The molecule has 2 heteroatoms. The van der Waals surface area contributed by atoms with Gasteiger partial charge in [0.05, 0.1) is 6.10 Å². The van der Waals surface area contributed by atoms with Gasteiger partial charge in [-0.1, -0.05) is 26.8 Å². The monoisotopic (exact) mass is 300 g/mol. The second-order valence-corrected chi connectivity index (χ2v) is 8.55. The number of fused-ring (bicyclic) bond motifs is 5. The van der Waals surface area contributed by atoms with E-state index in [-0.39, 0.29) is 11.5 Å². The summed E-state index contributed by atoms with van der Waals surface area (Å²) in [5.41, 5.74) is 2.93. The van der Waals surface area contributed by atoms with E-state index in [1.807, 2.05) is 12.1 Å². The number of benzene rings is 1. The molecule has 3 aliphatic rings. The molecule has 0 amide bonds. The van der Waals surface area contributed by atoms with E-state index in [0.717, 1.165) is 19.3 Å². The molecule has 22 heavy (non-hydrogen) atoms. The molecule has 2 nitrogen and oxygen atoms in total. The predicted octanol–water partition coefficient (Wildman–Crippen LogP) is 4.10. The highest BCUT2D eigenvalue weighted by atomic mass is 16.3. The standard InChI is InChI=1S/C20H28O2/c1-11-8-13-9-14(21)4-5-15(13)18-12(2)10-20(3)16(19(11)18)6-7-17(20)22/h4-5,9,11-12,16-19,21-22H,6-8,10H2,1-3H3. The Hall–Kier alpha value is -1.02. The van der Waals surface area contributed by atoms with Gasteiger partial charge in [-0.15, -0.1) is 0 Å². The first-order valence-electron chi connectivity index (χ1n) is 8.91. The van der Waals surface area contributed by atoms with E-state index < -0.39 is 0 Å². The van der Waals surface area contributed by atoms with Crippen molar-refractivity contribution in [3.05, 3.63) is 29.3 Å². The Kier molecular flexibility index (Phi) is 3.14. The highest BCUT2D eigenvalue weighted by molar-refractivity contribution is 5.41. The van der Waals surface area contributed by atoms with Crippen LogP contribution in [0.3, 0.4) is 0 Å². The second-order valence-electron chi connectivity index (χ2n) is 8.55. The average Bonchev–Trinajstić information content (AvgIpc) is 2.74. The molecular formula is C20H28O2. The second kappa shape index (κ2) is 4.74. The molecule has 4 rings (SSSR count). The van der Waals surface area contributed by atoms with Crippen molar-refractivity contribution < 1.29 is 10.2 Å². The minimum atomic E-state index is -0.116. The maximum atomic E-state index is 10.6. The lowest BCUT2D eigenvalue weighted by atomic mass is 9.50. The fraction of sp³-hybridized carbons (Fsp3) is 0.700. The molecule has 2 N–H and O–H groups in total. The molecule has 7 unspecified atom stereocenters. The zero-order valence-electron chi connectivity index (χ0n) is 13.9. The zero-order valence-corrected chi connectivity index (χ0v) is 13.9. The van der Waals surface area contributed by atoms with Crippen molar-refractivity contribution in [2.75, 3.05) is 0 Å². The van der Waals surface area contributed by atoms with Gasteiger partial charge in [0.15, 0.2) is 0 Å². The first kappa shape index (κ1) is 14.6. The highest BCUT2D eigenvalue weighted by Gasteiger charge is 2.58. The lowest BCUT2D eigenvalue weighted by Gasteiger charge is -2.55. The molecule has 0 spiro atoms. The van der Waals surface area contributed by atoms with Crippen molar-refractivity contribution in [2.45, 2.75) is 58.5 Å². The Morgan fingerprint density at radius 1 is 1.14 bits per heavy atom. The van der Waals surface area contributed by atoms with Gasteiger partial charge in [-0.25, -0.2) is 0 Å². The Morgan fingerprint density at radius 3 is 2.68 bits per heavy atom. The van der Waals surface area contributed by atoms with Crippen LogP contribution in [0, 0.1) is 29.1 Å². The molecule has 120 valence electrons. The largest absolute Gasteiger partial charge is 0.508 e. The van der Waals surface area contributed by atoms with Crippen LogP contribution in [-0.2, 0) is 6.42 Å². The summed E-state index contributed by atoms with van der Waals surface area (Å²) in [6, 6.07) is 6.00. The molecule has 2 saturated carbocycles. The van der Waals surface area contributed by atoms with E-state index in [1.165, 1.54) is 17.5 Å². The lowest BCUT2D eigenvalue weighted by molar-refractivity contribution is -0.0574. The van der Waals surface area contributed by atoms with Crippen LogP contribution in [0.25, 0.3) is 0 Å². The third-order valence-corrected chi connectivity index (χ3v) is 7.30. The van der Waals surface area contributed by atoms with Gasteiger partial charge >= 0.3 is 0 Å². The first-order chi connectivity index (χ1) is 10.4. The van der Waals surface area contributed by atoms with Crippen LogP contribution in [0.2, 0.25) is 0 Å². The molecule has 3 aliphatic carbocycles. The summed E-state index contributed by atoms with van der Waals surface area (Å²) >= 11 is 0. The topological polar surface area (TPSA) is 40.5 Å². The summed E-state index contributed by atoms with van der Waals surface area (Å²) in [5, 5.41) is 20.4. The van der Waals surface area contributed by atoms with E-state index in [9.17, 15) is 10.2 Å². The number of aromatic hydroxyl groups is 1. The zero-order chi connectivity index (χ0) is 15.6. The quantitative estimate of drug-likeness (QED) is 0.757. The molecule has 2 fully saturated rings. The fourth-order valence-electron chi connectivity index (χ4n) is 6.46. The van der Waals surface area contributed by atoms with E-state index in [2.05, 4.69) is 26.8 Å². The average molecular weight is 300 g/mol. The van der Waals surface area contributed by atoms with E-state index in [1.54, 1.807) is 0 Å². The Balaban J connectivity index is 1.81. The number of hydrogen-bond acceptors (Lipinski definition) is 2. The number of aliphatic hydroxyl groups excluding tert-OH is 1. The number of phenolic OH excluding ortho intramolecular Hbond substituents is 1. The maximum Gasteiger partial charge on any atom is 0.115 e. The molecular weight excluding hydrogens is 272 g/mol. The van der Waals surface area contributed by atoms with Gasteiger partial charge in [0.25, 0.3) is 0 Å². The first-order valence-corrected chi connectivity index (χ1v) is 8.91. The summed E-state index contributed by atoms with van der Waals surface area (Å²) in [6.07, 6.45) is 4.25. The van der Waals surface area contributed by atoms with E-state index >= 15 is 0 Å². The Morgan fingerprint density at radius 2 is 1.91 bits per heavy atom. The molecule has 0 heterocycles. The van der Waals surface area contributed by atoms with Gasteiger partial charge < -0.3 is 10.2 Å². The summed E-state index contributed by atoms with van der Waals surface area (Å²) in [6.45, 7) is 7.09. The highest BCUT2D eigenvalue weighted by Crippen LogP contribution is 2.63. The molecule has 0 aromatic heterocycles. The van der Waals surface area contributed by atoms with Crippen molar-refractivity contribution in [2.24, 2.45) is 29.1 Å².